The summed E-state index contributed by atoms with van der Waals surface area (Å²) in [5, 5.41) is 9.68. The van der Waals surface area contributed by atoms with Crippen molar-refractivity contribution >= 4 is 6.09 Å². The van der Waals surface area contributed by atoms with Crippen LogP contribution in [0.2, 0.25) is 0 Å². The van der Waals surface area contributed by atoms with E-state index in [2.05, 4.69) is 4.90 Å². The molecule has 1 heterocycles. The molecule has 2 atom stereocenters. The largest absolute Gasteiger partial charge is 0.444 e. The number of hydrogen-bond acceptors (Lipinski definition) is 4. The second-order valence-corrected chi connectivity index (χ2v) is 6.34. The Balaban J connectivity index is 2.48. The van der Waals surface area contributed by atoms with Crippen molar-refractivity contribution in [2.24, 2.45) is 0 Å². The van der Waals surface area contributed by atoms with Gasteiger partial charge < -0.3 is 14.7 Å². The lowest BCUT2D eigenvalue weighted by Crippen LogP contribution is -2.56. The minimum Gasteiger partial charge on any atom is -0.444 e. The SMILES string of the molecule is CC[C@@H](O)CN1CCN(C(=O)OC(C)(C)C)[C@@H](C)C1. The van der Waals surface area contributed by atoms with Crippen molar-refractivity contribution < 1.29 is 14.6 Å². The number of carbonyl (C=O) groups is 1. The molecule has 5 heteroatoms. The second kappa shape index (κ2) is 6.57. The van der Waals surface area contributed by atoms with Crippen LogP contribution in [0.15, 0.2) is 0 Å². The van der Waals surface area contributed by atoms with Crippen LogP contribution in [0.25, 0.3) is 0 Å². The fraction of sp³-hybridized carbons (Fsp3) is 0.929. The van der Waals surface area contributed by atoms with Crippen LogP contribution in [0.3, 0.4) is 0 Å². The van der Waals surface area contributed by atoms with Gasteiger partial charge in [-0.25, -0.2) is 4.79 Å². The molecule has 19 heavy (non-hydrogen) atoms. The van der Waals surface area contributed by atoms with E-state index in [0.29, 0.717) is 13.1 Å². The van der Waals surface area contributed by atoms with E-state index in [9.17, 15) is 9.90 Å². The average molecular weight is 272 g/mol. The van der Waals surface area contributed by atoms with Crippen molar-refractivity contribution in [3.8, 4) is 0 Å². The Bertz CT molecular complexity index is 302. The lowest BCUT2D eigenvalue weighted by molar-refractivity contribution is -0.00420. The Labute approximate surface area is 116 Å². The molecule has 0 aromatic rings. The van der Waals surface area contributed by atoms with Crippen molar-refractivity contribution in [3.05, 3.63) is 0 Å². The van der Waals surface area contributed by atoms with E-state index in [1.54, 1.807) is 4.90 Å². The van der Waals surface area contributed by atoms with E-state index in [1.165, 1.54) is 0 Å². The monoisotopic (exact) mass is 272 g/mol. The molecule has 0 aliphatic carbocycles. The van der Waals surface area contributed by atoms with Gasteiger partial charge in [0.2, 0.25) is 0 Å². The Hall–Kier alpha value is -0.810. The number of piperazine rings is 1. The number of hydrogen-bond donors (Lipinski definition) is 1. The van der Waals surface area contributed by atoms with Gasteiger partial charge >= 0.3 is 6.09 Å². The number of amides is 1. The Morgan fingerprint density at radius 2 is 2.05 bits per heavy atom. The van der Waals surface area contributed by atoms with Gasteiger partial charge in [-0.1, -0.05) is 6.92 Å². The number of ether oxygens (including phenoxy) is 1. The molecule has 1 saturated heterocycles. The first kappa shape index (κ1) is 16.2. The molecule has 1 amide bonds. The highest BCUT2D eigenvalue weighted by atomic mass is 16.6. The van der Waals surface area contributed by atoms with Crippen molar-refractivity contribution in [2.75, 3.05) is 26.2 Å². The van der Waals surface area contributed by atoms with Gasteiger partial charge in [0.15, 0.2) is 0 Å². The molecule has 0 aromatic heterocycles. The van der Waals surface area contributed by atoms with Crippen LogP contribution in [0.5, 0.6) is 0 Å². The highest BCUT2D eigenvalue weighted by molar-refractivity contribution is 5.68. The fourth-order valence-electron chi connectivity index (χ4n) is 2.22. The molecule has 112 valence electrons. The normalized spacial score (nSPS) is 23.3. The van der Waals surface area contributed by atoms with Gasteiger partial charge in [-0.05, 0) is 34.1 Å². The molecule has 0 unspecified atom stereocenters. The topological polar surface area (TPSA) is 53.0 Å². The van der Waals surface area contributed by atoms with Gasteiger partial charge in [0.05, 0.1) is 6.10 Å². The summed E-state index contributed by atoms with van der Waals surface area (Å²) in [6, 6.07) is 0.118. The first-order valence-corrected chi connectivity index (χ1v) is 7.13. The third-order valence-corrected chi connectivity index (χ3v) is 3.28. The predicted octanol–water partition coefficient (Wildman–Crippen LogP) is 1.70. The van der Waals surface area contributed by atoms with Gasteiger partial charge in [0, 0.05) is 32.2 Å². The van der Waals surface area contributed by atoms with E-state index in [4.69, 9.17) is 4.74 Å². The lowest BCUT2D eigenvalue weighted by atomic mass is 10.1. The fourth-order valence-corrected chi connectivity index (χ4v) is 2.22. The summed E-state index contributed by atoms with van der Waals surface area (Å²) < 4.78 is 5.40. The Kier molecular flexibility index (Phi) is 5.62. The maximum Gasteiger partial charge on any atom is 0.410 e. The molecule has 0 aromatic carbocycles. The molecule has 0 saturated carbocycles. The Morgan fingerprint density at radius 3 is 2.53 bits per heavy atom. The van der Waals surface area contributed by atoms with Gasteiger partial charge in [0.1, 0.15) is 5.60 Å². The molecular weight excluding hydrogens is 244 g/mol. The summed E-state index contributed by atoms with van der Waals surface area (Å²) in [6.45, 7) is 12.6. The van der Waals surface area contributed by atoms with Crippen LogP contribution in [0.1, 0.15) is 41.0 Å². The van der Waals surface area contributed by atoms with Gasteiger partial charge in [-0.2, -0.15) is 0 Å². The Morgan fingerprint density at radius 1 is 1.42 bits per heavy atom. The maximum absolute atomic E-state index is 12.0. The first-order chi connectivity index (χ1) is 8.73. The molecular formula is C14H28N2O3. The van der Waals surface area contributed by atoms with Crippen LogP contribution >= 0.6 is 0 Å². The molecule has 1 aliphatic heterocycles. The van der Waals surface area contributed by atoms with E-state index < -0.39 is 5.60 Å². The summed E-state index contributed by atoms with van der Waals surface area (Å²) in [6.07, 6.45) is 0.247. The summed E-state index contributed by atoms with van der Waals surface area (Å²) in [5.74, 6) is 0. The number of carbonyl (C=O) groups excluding carboxylic acids is 1. The van der Waals surface area contributed by atoms with Gasteiger partial charge in [-0.3, -0.25) is 4.90 Å². The summed E-state index contributed by atoms with van der Waals surface area (Å²) in [4.78, 5) is 16.0. The zero-order valence-electron chi connectivity index (χ0n) is 12.8. The minimum atomic E-state index is -0.452. The zero-order valence-corrected chi connectivity index (χ0v) is 12.8. The molecule has 0 radical (unpaired) electrons. The van der Waals surface area contributed by atoms with Crippen molar-refractivity contribution in [1.29, 1.82) is 0 Å². The van der Waals surface area contributed by atoms with E-state index in [0.717, 1.165) is 19.5 Å². The zero-order chi connectivity index (χ0) is 14.6. The number of aliphatic hydroxyl groups excluding tert-OH is 1. The van der Waals surface area contributed by atoms with Crippen molar-refractivity contribution in [1.82, 2.24) is 9.80 Å². The van der Waals surface area contributed by atoms with Crippen LogP contribution < -0.4 is 0 Å². The van der Waals surface area contributed by atoms with E-state index in [-0.39, 0.29) is 18.2 Å². The molecule has 1 aliphatic rings. The van der Waals surface area contributed by atoms with Crippen LogP contribution in [-0.4, -0.2) is 64.9 Å². The smallest absolute Gasteiger partial charge is 0.410 e. The van der Waals surface area contributed by atoms with E-state index >= 15 is 0 Å². The van der Waals surface area contributed by atoms with Crippen LogP contribution in [0.4, 0.5) is 4.79 Å². The third kappa shape index (κ3) is 5.37. The van der Waals surface area contributed by atoms with Crippen LogP contribution in [-0.2, 0) is 4.74 Å². The summed E-state index contributed by atoms with van der Waals surface area (Å²) >= 11 is 0. The highest BCUT2D eigenvalue weighted by Crippen LogP contribution is 2.16. The molecule has 1 N–H and O–H groups in total. The standard InChI is InChI=1S/C14H28N2O3/c1-6-12(17)10-15-7-8-16(11(2)9-15)13(18)19-14(3,4)5/h11-12,17H,6-10H2,1-5H3/t11-,12+/m0/s1. The molecule has 1 rings (SSSR count). The van der Waals surface area contributed by atoms with Crippen molar-refractivity contribution in [2.45, 2.75) is 58.8 Å². The first-order valence-electron chi connectivity index (χ1n) is 7.13. The molecule has 0 spiro atoms. The number of rotatable bonds is 3. The molecule has 1 fully saturated rings. The summed E-state index contributed by atoms with van der Waals surface area (Å²) in [5.41, 5.74) is -0.452. The lowest BCUT2D eigenvalue weighted by Gasteiger charge is -2.40. The maximum atomic E-state index is 12.0. The van der Waals surface area contributed by atoms with Crippen molar-refractivity contribution in [3.63, 3.8) is 0 Å². The quantitative estimate of drug-likeness (QED) is 0.849. The molecule has 0 bridgehead atoms. The summed E-state index contributed by atoms with van der Waals surface area (Å²) in [7, 11) is 0. The third-order valence-electron chi connectivity index (χ3n) is 3.28. The van der Waals surface area contributed by atoms with Gasteiger partial charge in [-0.15, -0.1) is 0 Å². The number of nitrogens with zero attached hydrogens (tertiary/aromatic N) is 2. The highest BCUT2D eigenvalue weighted by Gasteiger charge is 2.31. The molecule has 5 nitrogen and oxygen atoms in total. The van der Waals surface area contributed by atoms with Gasteiger partial charge in [0.25, 0.3) is 0 Å². The van der Waals surface area contributed by atoms with E-state index in [1.807, 2.05) is 34.6 Å². The predicted molar refractivity (Wildman–Crippen MR) is 75.1 cm³/mol. The number of aliphatic hydroxyl groups is 1. The average Bonchev–Trinajstić information content (AvgIpc) is 2.26. The minimum absolute atomic E-state index is 0.118. The van der Waals surface area contributed by atoms with Crippen LogP contribution in [0, 0.1) is 0 Å². The second-order valence-electron chi connectivity index (χ2n) is 6.34. The number of β-amino-alcohol motifs (C(OH)–C–C–N with tert-alkyl or cyclic N) is 1.